The Labute approximate surface area is 314 Å². The fourth-order valence-corrected chi connectivity index (χ4v) is 10.5. The highest BCUT2D eigenvalue weighted by molar-refractivity contribution is 8.14. The Morgan fingerprint density at radius 1 is 0.696 bits per heavy atom. The summed E-state index contributed by atoms with van der Waals surface area (Å²) < 4.78 is 16.8. The van der Waals surface area contributed by atoms with Crippen LogP contribution in [0.15, 0.2) is 9.98 Å². The molecule has 0 aliphatic carbocycles. The van der Waals surface area contributed by atoms with E-state index < -0.39 is 17.3 Å². The molecule has 0 aromatic carbocycles. The van der Waals surface area contributed by atoms with E-state index in [9.17, 15) is 14.1 Å². The van der Waals surface area contributed by atoms with Gasteiger partial charge in [0.05, 0.1) is 36.7 Å². The zero-order chi connectivity index (χ0) is 33.6. The predicted molar refractivity (Wildman–Crippen MR) is 216 cm³/mol. The monoisotopic (exact) mass is 838 g/mol. The Hall–Kier alpha value is 1.22. The number of aliphatic hydroxyl groups is 2. The van der Waals surface area contributed by atoms with Crippen molar-refractivity contribution in [3.05, 3.63) is 0 Å². The molecule has 0 rings (SSSR count). The van der Waals surface area contributed by atoms with Crippen molar-refractivity contribution in [1.82, 2.24) is 10.6 Å². The average Bonchev–Trinajstić information content (AvgIpc) is 3.05. The van der Waals surface area contributed by atoms with Crippen molar-refractivity contribution in [2.24, 2.45) is 9.98 Å². The van der Waals surface area contributed by atoms with Crippen LogP contribution in [0.3, 0.4) is 0 Å². The molecule has 1 atom stereocenters. The molecule has 46 heavy (non-hydrogen) atoms. The molecule has 0 heterocycles. The first kappa shape index (κ1) is 47.2. The van der Waals surface area contributed by atoms with Gasteiger partial charge in [0.1, 0.15) is 17.6 Å². The smallest absolute Gasteiger partial charge is 0.408 e. The standard InChI is InChI=1S/C24H46N4O8S10/c29-1-3-37-11-12-45-24(32)28-19-42-8-5-39-16-25-15-35-36-22-44-10-9-43-21-34-23(31)27-18-41-7-6-40-17-26-20-46(33)14-13-38-4-2-30/h15,20,29-30H,1-14,16-19,21-22H2,(H,27,31)(H,28,32)/b25-15-,26-20-. The molecule has 2 amide bonds. The van der Waals surface area contributed by atoms with Crippen molar-refractivity contribution in [2.75, 3.05) is 118 Å². The van der Waals surface area contributed by atoms with E-state index in [-0.39, 0.29) is 24.4 Å². The van der Waals surface area contributed by atoms with E-state index in [4.69, 9.17) is 24.7 Å². The molecule has 0 aliphatic rings. The highest BCUT2D eigenvalue weighted by Crippen LogP contribution is 2.11. The largest absolute Gasteiger partial charge is 0.611 e. The third kappa shape index (κ3) is 39.7. The summed E-state index contributed by atoms with van der Waals surface area (Å²) in [7, 11) is 0. The van der Waals surface area contributed by atoms with Gasteiger partial charge in [-0.15, -0.1) is 70.6 Å². The SMILES string of the molecule is O=C(NCSCCSC/N=C\[S+]([O-])CCSCCO)OCSCCSCOO/C=N\CSCCSCNC(=O)SCCSCCO. The Bertz CT molecular complexity index is 757. The number of aliphatic imine (C=N–C) groups is 2. The lowest BCUT2D eigenvalue weighted by molar-refractivity contribution is -0.196. The number of ether oxygens (including phenoxy) is 1. The molecule has 0 bridgehead atoms. The summed E-state index contributed by atoms with van der Waals surface area (Å²) in [6.07, 6.45) is 0.859. The Morgan fingerprint density at radius 2 is 1.28 bits per heavy atom. The second kappa shape index (κ2) is 40.6. The molecular formula is C24H46N4O8S10. The molecule has 0 spiro atoms. The number of hydrogen-bond donors (Lipinski definition) is 4. The number of hydrogen-bond acceptors (Lipinski definition) is 19. The minimum absolute atomic E-state index is 0.0102. The van der Waals surface area contributed by atoms with Crippen LogP contribution in [0, 0.1) is 0 Å². The highest BCUT2D eigenvalue weighted by Gasteiger charge is 2.04. The summed E-state index contributed by atoms with van der Waals surface area (Å²) in [5.41, 5.74) is 1.50. The lowest BCUT2D eigenvalue weighted by Crippen LogP contribution is -2.24. The number of amides is 2. The molecule has 12 nitrogen and oxygen atoms in total. The van der Waals surface area contributed by atoms with E-state index in [1.54, 1.807) is 82.3 Å². The van der Waals surface area contributed by atoms with Gasteiger partial charge in [-0.05, 0) is 11.2 Å². The van der Waals surface area contributed by atoms with Crippen LogP contribution < -0.4 is 10.6 Å². The van der Waals surface area contributed by atoms with Gasteiger partial charge in [-0.25, -0.2) is 14.8 Å². The number of aliphatic hydroxyl groups excluding tert-OH is 2. The molecule has 0 aliphatic heterocycles. The third-order valence-electron chi connectivity index (χ3n) is 4.23. The van der Waals surface area contributed by atoms with E-state index in [0.717, 1.165) is 51.8 Å². The maximum absolute atomic E-state index is 11.7. The minimum atomic E-state index is -1.05. The van der Waals surface area contributed by atoms with Gasteiger partial charge in [-0.3, -0.25) is 4.79 Å². The number of nitrogens with one attached hydrogen (secondary N) is 2. The van der Waals surface area contributed by atoms with Gasteiger partial charge >= 0.3 is 6.09 Å². The maximum Gasteiger partial charge on any atom is 0.408 e. The highest BCUT2D eigenvalue weighted by atomic mass is 32.2. The van der Waals surface area contributed by atoms with Crippen LogP contribution in [-0.2, 0) is 25.7 Å². The Kier molecular flexibility index (Phi) is 41.7. The molecule has 0 saturated heterocycles. The predicted octanol–water partition coefficient (Wildman–Crippen LogP) is 4.50. The first-order valence-electron chi connectivity index (χ1n) is 13.9. The van der Waals surface area contributed by atoms with Crippen molar-refractivity contribution < 1.29 is 38.9 Å². The number of alkyl carbamates (subject to hydrolysis) is 1. The van der Waals surface area contributed by atoms with Crippen molar-refractivity contribution in [1.29, 1.82) is 0 Å². The Morgan fingerprint density at radius 3 is 2.00 bits per heavy atom. The zero-order valence-electron chi connectivity index (χ0n) is 25.6. The zero-order valence-corrected chi connectivity index (χ0v) is 33.8. The normalized spacial score (nSPS) is 12.2. The molecule has 4 N–H and O–H groups in total. The molecule has 22 heteroatoms. The summed E-state index contributed by atoms with van der Waals surface area (Å²) in [5.74, 6) is 12.3. The second-order valence-corrected chi connectivity index (χ2v) is 19.1. The maximum atomic E-state index is 11.7. The van der Waals surface area contributed by atoms with Crippen molar-refractivity contribution in [3.8, 4) is 0 Å². The summed E-state index contributed by atoms with van der Waals surface area (Å²) in [6, 6.07) is 0. The number of rotatable bonds is 34. The summed E-state index contributed by atoms with van der Waals surface area (Å²) in [6.45, 7) is 0.317. The summed E-state index contributed by atoms with van der Waals surface area (Å²) >= 11 is 13.1. The van der Waals surface area contributed by atoms with Crippen LogP contribution in [0.1, 0.15) is 0 Å². The van der Waals surface area contributed by atoms with Gasteiger partial charge in [0, 0.05) is 63.3 Å². The van der Waals surface area contributed by atoms with E-state index in [2.05, 4.69) is 20.6 Å². The fourth-order valence-electron chi connectivity index (χ4n) is 2.25. The van der Waals surface area contributed by atoms with Gasteiger partial charge in [0.15, 0.2) is 0 Å². The molecule has 270 valence electrons. The molecular weight excluding hydrogens is 793 g/mol. The lowest BCUT2D eigenvalue weighted by atomic mass is 10.9. The van der Waals surface area contributed by atoms with Crippen LogP contribution in [0.25, 0.3) is 0 Å². The fraction of sp³-hybridized carbons (Fsp3) is 0.833. The van der Waals surface area contributed by atoms with Gasteiger partial charge < -0.3 is 35.0 Å². The average molecular weight is 839 g/mol. The van der Waals surface area contributed by atoms with Gasteiger partial charge in [-0.2, -0.15) is 28.4 Å². The molecule has 1 unspecified atom stereocenters. The third-order valence-corrected chi connectivity index (χ3v) is 14.1. The summed E-state index contributed by atoms with van der Waals surface area (Å²) in [4.78, 5) is 41.6. The quantitative estimate of drug-likeness (QED) is 0.0136. The van der Waals surface area contributed by atoms with Crippen LogP contribution in [0.5, 0.6) is 0 Å². The number of carbonyl (C=O) groups is 2. The van der Waals surface area contributed by atoms with Crippen molar-refractivity contribution in [3.63, 3.8) is 0 Å². The van der Waals surface area contributed by atoms with E-state index >= 15 is 0 Å². The van der Waals surface area contributed by atoms with E-state index in [1.807, 2.05) is 0 Å². The molecule has 0 aromatic heterocycles. The van der Waals surface area contributed by atoms with Crippen molar-refractivity contribution in [2.45, 2.75) is 0 Å². The lowest BCUT2D eigenvalue weighted by Gasteiger charge is -2.06. The van der Waals surface area contributed by atoms with Gasteiger partial charge in [0.2, 0.25) is 11.9 Å². The number of nitrogens with zero attached hydrogens (tertiary/aromatic N) is 2. The first-order valence-corrected chi connectivity index (χ1v) is 25.5. The van der Waals surface area contributed by atoms with Crippen molar-refractivity contribution >= 4 is 140 Å². The van der Waals surface area contributed by atoms with Crippen LogP contribution >= 0.6 is 106 Å². The van der Waals surface area contributed by atoms with E-state index in [0.29, 0.717) is 46.7 Å². The molecule has 0 aromatic rings. The second-order valence-electron chi connectivity index (χ2n) is 7.70. The number of thioether (sulfide) groups is 9. The van der Waals surface area contributed by atoms with E-state index in [1.165, 1.54) is 35.5 Å². The van der Waals surface area contributed by atoms with Gasteiger partial charge in [-0.1, -0.05) is 11.8 Å². The van der Waals surface area contributed by atoms with Crippen LogP contribution in [0.2, 0.25) is 0 Å². The molecule has 0 saturated carbocycles. The Balaban J connectivity index is 3.32. The van der Waals surface area contributed by atoms with Crippen LogP contribution in [-0.4, -0.2) is 156 Å². The van der Waals surface area contributed by atoms with Crippen LogP contribution in [0.4, 0.5) is 9.59 Å². The first-order chi connectivity index (χ1) is 22.6. The minimum Gasteiger partial charge on any atom is -0.611 e. The topological polar surface area (TPSA) is 174 Å². The molecule has 0 radical (unpaired) electrons. The van der Waals surface area contributed by atoms with Gasteiger partial charge in [0.25, 0.3) is 5.24 Å². The number of carbonyl (C=O) groups excluding carboxylic acids is 2. The molecule has 0 fully saturated rings. The summed E-state index contributed by atoms with van der Waals surface area (Å²) in [5, 5.41) is 23.0.